The standard InChI is InChI=1S/C7H9NO.Ta/c1-5-3-4-6(2)8-7(5)9;/h3-4H,1-2H3,(H,8,9);/p-1. The minimum Gasteiger partial charge on any atom is -0.627 e. The smallest absolute Gasteiger partial charge is 0.0807 e. The third-order valence-corrected chi connectivity index (χ3v) is 1.19. The summed E-state index contributed by atoms with van der Waals surface area (Å²) in [4.78, 5) is 14.4. The van der Waals surface area contributed by atoms with E-state index in [1.807, 2.05) is 6.07 Å². The molecule has 0 aliphatic carbocycles. The molecule has 0 amide bonds. The topological polar surface area (TPSA) is 31.2 Å². The average molecular weight is 303 g/mol. The van der Waals surface area contributed by atoms with Crippen LogP contribution < -0.4 is 10.5 Å². The first-order chi connectivity index (χ1) is 4.20. The Morgan fingerprint density at radius 1 is 1.30 bits per heavy atom. The number of nitrogens with zero attached hydrogens (tertiary/aromatic N) is 1. The van der Waals surface area contributed by atoms with Crippen LogP contribution in [0.15, 0.2) is 16.9 Å². The summed E-state index contributed by atoms with van der Waals surface area (Å²) in [5.74, 6) is 0. The molecule has 0 aromatic carbocycles. The molecule has 1 aromatic heterocycles. The number of aromatic nitrogens is 1. The van der Waals surface area contributed by atoms with Crippen molar-refractivity contribution in [1.82, 2.24) is 4.98 Å². The molecule has 1 aromatic rings. The van der Waals surface area contributed by atoms with Gasteiger partial charge in [-0.05, 0) is 12.5 Å². The summed E-state index contributed by atoms with van der Waals surface area (Å²) < 4.78 is 0. The first kappa shape index (κ1) is 9.69. The maximum Gasteiger partial charge on any atom is 0.0807 e. The summed E-state index contributed by atoms with van der Waals surface area (Å²) >= 11 is 0. The van der Waals surface area contributed by atoms with E-state index < -0.39 is 0 Å². The van der Waals surface area contributed by atoms with Gasteiger partial charge in [-0.2, -0.15) is 5.69 Å². The molecule has 0 aliphatic heterocycles. The SMILES string of the molecule is Cc1ccc(C)c(=O)[n-]1.[Ta]. The van der Waals surface area contributed by atoms with Crippen molar-refractivity contribution in [3.8, 4) is 0 Å². The predicted octanol–water partition coefficient (Wildman–Crippen LogP) is 0.618. The quantitative estimate of drug-likeness (QED) is 0.703. The number of pyridine rings is 1. The van der Waals surface area contributed by atoms with Crippen LogP contribution in [-0.2, 0) is 22.4 Å². The first-order valence-corrected chi connectivity index (χ1v) is 2.81. The van der Waals surface area contributed by atoms with Crippen molar-refractivity contribution in [3.63, 3.8) is 0 Å². The van der Waals surface area contributed by atoms with Gasteiger partial charge >= 0.3 is 0 Å². The second kappa shape index (κ2) is 3.76. The van der Waals surface area contributed by atoms with E-state index in [2.05, 4.69) is 4.98 Å². The Labute approximate surface area is 75.2 Å². The molecule has 1 heterocycles. The normalized spacial score (nSPS) is 8.60. The van der Waals surface area contributed by atoms with Gasteiger partial charge in [0, 0.05) is 22.4 Å². The van der Waals surface area contributed by atoms with Gasteiger partial charge in [0.25, 0.3) is 0 Å². The largest absolute Gasteiger partial charge is 0.627 e. The predicted molar refractivity (Wildman–Crippen MR) is 35.5 cm³/mol. The molecular formula is C7H8NOTa-. The molecule has 1 rings (SSSR count). The van der Waals surface area contributed by atoms with Gasteiger partial charge in [0.1, 0.15) is 0 Å². The fourth-order valence-electron chi connectivity index (χ4n) is 0.603. The molecule has 0 spiro atoms. The minimum absolute atomic E-state index is 0. The summed E-state index contributed by atoms with van der Waals surface area (Å²) in [7, 11) is 0. The number of aryl methyl sites for hydroxylation is 2. The fraction of sp³-hybridized carbons (Fsp3) is 0.286. The van der Waals surface area contributed by atoms with Crippen LogP contribution >= 0.6 is 0 Å². The van der Waals surface area contributed by atoms with Crippen molar-refractivity contribution >= 4 is 0 Å². The molecule has 0 unspecified atom stereocenters. The molecule has 0 fully saturated rings. The van der Waals surface area contributed by atoms with E-state index in [1.165, 1.54) is 0 Å². The van der Waals surface area contributed by atoms with E-state index >= 15 is 0 Å². The van der Waals surface area contributed by atoms with Crippen LogP contribution in [0.25, 0.3) is 0 Å². The van der Waals surface area contributed by atoms with Crippen LogP contribution in [0.2, 0.25) is 0 Å². The molecule has 3 heteroatoms. The van der Waals surface area contributed by atoms with E-state index in [0.29, 0.717) is 5.56 Å². The molecule has 0 bridgehead atoms. The first-order valence-electron chi connectivity index (χ1n) is 2.81. The van der Waals surface area contributed by atoms with Gasteiger partial charge in [-0.3, -0.25) is 0 Å². The summed E-state index contributed by atoms with van der Waals surface area (Å²) in [6.07, 6.45) is 0. The van der Waals surface area contributed by atoms with Gasteiger partial charge < -0.3 is 9.78 Å². The average Bonchev–Trinajstić information content (AvgIpc) is 1.80. The Balaban J connectivity index is 0.000000810. The summed E-state index contributed by atoms with van der Waals surface area (Å²) in [6.45, 7) is 3.57. The monoisotopic (exact) mass is 303 g/mol. The molecule has 53 valence electrons. The Bertz CT molecular complexity index is 267. The maximum atomic E-state index is 10.7. The van der Waals surface area contributed by atoms with E-state index in [-0.39, 0.29) is 27.9 Å². The zero-order valence-electron chi connectivity index (χ0n) is 5.96. The van der Waals surface area contributed by atoms with E-state index in [1.54, 1.807) is 19.9 Å². The maximum absolute atomic E-state index is 10.7. The molecule has 2 nitrogen and oxygen atoms in total. The minimum atomic E-state index is -0.116. The number of rotatable bonds is 0. The van der Waals surface area contributed by atoms with Gasteiger partial charge in [0.15, 0.2) is 0 Å². The Morgan fingerprint density at radius 3 is 2.30 bits per heavy atom. The Hall–Kier alpha value is -0.310. The van der Waals surface area contributed by atoms with Crippen LogP contribution in [0.1, 0.15) is 11.3 Å². The van der Waals surface area contributed by atoms with Crippen LogP contribution in [0.4, 0.5) is 0 Å². The van der Waals surface area contributed by atoms with Gasteiger partial charge in [-0.1, -0.05) is 19.1 Å². The molecule has 10 heavy (non-hydrogen) atoms. The zero-order chi connectivity index (χ0) is 6.85. The van der Waals surface area contributed by atoms with Crippen molar-refractivity contribution in [3.05, 3.63) is 33.7 Å². The molecule has 0 atom stereocenters. The second-order valence-electron chi connectivity index (χ2n) is 2.07. The van der Waals surface area contributed by atoms with Crippen LogP contribution in [-0.4, -0.2) is 0 Å². The fourth-order valence-corrected chi connectivity index (χ4v) is 0.603. The van der Waals surface area contributed by atoms with Crippen molar-refractivity contribution in [2.75, 3.05) is 0 Å². The molecular weight excluding hydrogens is 295 g/mol. The van der Waals surface area contributed by atoms with Gasteiger partial charge in [0.05, 0.1) is 5.56 Å². The van der Waals surface area contributed by atoms with Crippen molar-refractivity contribution in [2.24, 2.45) is 0 Å². The Kier molecular flexibility index (Phi) is 3.64. The van der Waals surface area contributed by atoms with Crippen LogP contribution in [0, 0.1) is 13.8 Å². The summed E-state index contributed by atoms with van der Waals surface area (Å²) in [5.41, 5.74) is 1.38. The van der Waals surface area contributed by atoms with Crippen LogP contribution in [0.3, 0.4) is 0 Å². The van der Waals surface area contributed by atoms with E-state index in [9.17, 15) is 4.79 Å². The molecule has 0 aliphatic rings. The van der Waals surface area contributed by atoms with Crippen molar-refractivity contribution in [2.45, 2.75) is 13.8 Å². The number of hydrogen-bond donors (Lipinski definition) is 0. The van der Waals surface area contributed by atoms with Crippen molar-refractivity contribution < 1.29 is 22.4 Å². The van der Waals surface area contributed by atoms with Gasteiger partial charge in [-0.25, -0.2) is 0 Å². The van der Waals surface area contributed by atoms with Crippen LogP contribution in [0.5, 0.6) is 0 Å². The molecule has 0 saturated heterocycles. The van der Waals surface area contributed by atoms with Gasteiger partial charge in [0.2, 0.25) is 0 Å². The zero-order valence-corrected chi connectivity index (χ0v) is 9.17. The van der Waals surface area contributed by atoms with E-state index in [4.69, 9.17) is 0 Å². The third-order valence-electron chi connectivity index (χ3n) is 1.19. The summed E-state index contributed by atoms with van der Waals surface area (Å²) in [6, 6.07) is 3.61. The second-order valence-corrected chi connectivity index (χ2v) is 2.07. The molecule has 0 N–H and O–H groups in total. The molecule has 0 saturated carbocycles. The number of hydrogen-bond acceptors (Lipinski definition) is 1. The van der Waals surface area contributed by atoms with E-state index in [0.717, 1.165) is 5.69 Å². The third kappa shape index (κ3) is 2.14. The van der Waals surface area contributed by atoms with Crippen molar-refractivity contribution in [1.29, 1.82) is 0 Å². The molecule has 1 radical (unpaired) electrons. The summed E-state index contributed by atoms with van der Waals surface area (Å²) in [5, 5.41) is 0. The Morgan fingerprint density at radius 2 is 1.90 bits per heavy atom. The van der Waals surface area contributed by atoms with Gasteiger partial charge in [-0.15, -0.1) is 0 Å².